The highest BCUT2D eigenvalue weighted by Gasteiger charge is 2.08. The minimum absolute atomic E-state index is 0.182. The average molecular weight is 299 g/mol. The van der Waals surface area contributed by atoms with Gasteiger partial charge in [-0.25, -0.2) is 0 Å². The standard InChI is InChI=1S/C17H15ClN2O/c1-12-4-9-15(18)11-16(12)20-17(21)14-7-5-13(6-8-14)3-2-10-19/h4-9,11H,10,19H2,1H3,(H,20,21). The third-order valence-electron chi connectivity index (χ3n) is 2.93. The quantitative estimate of drug-likeness (QED) is 0.837. The van der Waals surface area contributed by atoms with E-state index in [1.54, 1.807) is 36.4 Å². The van der Waals surface area contributed by atoms with Crippen molar-refractivity contribution in [1.29, 1.82) is 0 Å². The van der Waals surface area contributed by atoms with E-state index in [1.165, 1.54) is 0 Å². The monoisotopic (exact) mass is 298 g/mol. The van der Waals surface area contributed by atoms with Crippen molar-refractivity contribution in [2.75, 3.05) is 11.9 Å². The number of hydrogen-bond acceptors (Lipinski definition) is 2. The Morgan fingerprint density at radius 3 is 2.62 bits per heavy atom. The predicted molar refractivity (Wildman–Crippen MR) is 86.5 cm³/mol. The van der Waals surface area contributed by atoms with Gasteiger partial charge in [0.15, 0.2) is 0 Å². The van der Waals surface area contributed by atoms with Crippen molar-refractivity contribution in [3.63, 3.8) is 0 Å². The molecule has 0 radical (unpaired) electrons. The molecule has 0 spiro atoms. The molecule has 2 rings (SSSR count). The third-order valence-corrected chi connectivity index (χ3v) is 3.16. The number of nitrogens with two attached hydrogens (primary N) is 1. The summed E-state index contributed by atoms with van der Waals surface area (Å²) in [5.41, 5.74) is 8.38. The highest BCUT2D eigenvalue weighted by Crippen LogP contribution is 2.20. The summed E-state index contributed by atoms with van der Waals surface area (Å²) in [5.74, 6) is 5.50. The minimum Gasteiger partial charge on any atom is -0.322 e. The molecule has 0 unspecified atom stereocenters. The van der Waals surface area contributed by atoms with E-state index in [4.69, 9.17) is 17.3 Å². The Balaban J connectivity index is 2.15. The number of carbonyl (C=O) groups is 1. The van der Waals surface area contributed by atoms with Crippen LogP contribution in [0.5, 0.6) is 0 Å². The lowest BCUT2D eigenvalue weighted by atomic mass is 10.1. The zero-order valence-electron chi connectivity index (χ0n) is 11.6. The maximum atomic E-state index is 12.2. The topological polar surface area (TPSA) is 55.1 Å². The van der Waals surface area contributed by atoms with Crippen LogP contribution in [0, 0.1) is 18.8 Å². The van der Waals surface area contributed by atoms with E-state index < -0.39 is 0 Å². The van der Waals surface area contributed by atoms with E-state index in [2.05, 4.69) is 17.2 Å². The van der Waals surface area contributed by atoms with Crippen LogP contribution >= 0.6 is 11.6 Å². The molecule has 0 atom stereocenters. The van der Waals surface area contributed by atoms with Crippen molar-refractivity contribution in [3.05, 3.63) is 64.2 Å². The van der Waals surface area contributed by atoms with Crippen LogP contribution in [0.3, 0.4) is 0 Å². The Morgan fingerprint density at radius 1 is 1.24 bits per heavy atom. The first-order chi connectivity index (χ1) is 10.1. The van der Waals surface area contributed by atoms with E-state index >= 15 is 0 Å². The van der Waals surface area contributed by atoms with Crippen molar-refractivity contribution in [1.82, 2.24) is 0 Å². The Morgan fingerprint density at radius 2 is 1.95 bits per heavy atom. The first-order valence-electron chi connectivity index (χ1n) is 6.46. The zero-order chi connectivity index (χ0) is 15.2. The van der Waals surface area contributed by atoms with Crippen molar-refractivity contribution in [3.8, 4) is 11.8 Å². The molecule has 0 aliphatic rings. The Bertz CT molecular complexity index is 712. The summed E-state index contributed by atoms with van der Waals surface area (Å²) in [6.07, 6.45) is 0. The van der Waals surface area contributed by atoms with Gasteiger partial charge in [-0.3, -0.25) is 4.79 Å². The fourth-order valence-electron chi connectivity index (χ4n) is 1.78. The van der Waals surface area contributed by atoms with Gasteiger partial charge in [-0.1, -0.05) is 29.5 Å². The number of amides is 1. The molecule has 0 fully saturated rings. The molecule has 3 N–H and O–H groups in total. The predicted octanol–water partition coefficient (Wildman–Crippen LogP) is 3.21. The SMILES string of the molecule is Cc1ccc(Cl)cc1NC(=O)c1ccc(C#CCN)cc1. The van der Waals surface area contributed by atoms with Crippen LogP contribution in [0.4, 0.5) is 5.69 Å². The summed E-state index contributed by atoms with van der Waals surface area (Å²) in [5, 5.41) is 3.44. The average Bonchev–Trinajstić information content (AvgIpc) is 2.49. The molecule has 0 bridgehead atoms. The molecule has 1 amide bonds. The highest BCUT2D eigenvalue weighted by molar-refractivity contribution is 6.31. The summed E-state index contributed by atoms with van der Waals surface area (Å²) in [6.45, 7) is 2.23. The van der Waals surface area contributed by atoms with Gasteiger partial charge >= 0.3 is 0 Å². The summed E-state index contributed by atoms with van der Waals surface area (Å²) in [7, 11) is 0. The van der Waals surface area contributed by atoms with Crippen molar-refractivity contribution >= 4 is 23.2 Å². The summed E-state index contributed by atoms with van der Waals surface area (Å²) in [6, 6.07) is 12.4. The van der Waals surface area contributed by atoms with E-state index in [-0.39, 0.29) is 5.91 Å². The number of hydrogen-bond donors (Lipinski definition) is 2. The van der Waals surface area contributed by atoms with Crippen LogP contribution < -0.4 is 11.1 Å². The van der Waals surface area contributed by atoms with Crippen LogP contribution in [-0.2, 0) is 0 Å². The molecule has 106 valence electrons. The molecule has 2 aromatic carbocycles. The molecule has 0 saturated carbocycles. The fraction of sp³-hybridized carbons (Fsp3) is 0.118. The van der Waals surface area contributed by atoms with Gasteiger partial charge in [-0.2, -0.15) is 0 Å². The van der Waals surface area contributed by atoms with Crippen LogP contribution in [0.1, 0.15) is 21.5 Å². The molecule has 3 nitrogen and oxygen atoms in total. The molecule has 0 heterocycles. The zero-order valence-corrected chi connectivity index (χ0v) is 12.4. The minimum atomic E-state index is -0.182. The molecule has 0 saturated heterocycles. The molecule has 0 aliphatic heterocycles. The number of halogens is 1. The van der Waals surface area contributed by atoms with Crippen LogP contribution in [0.2, 0.25) is 5.02 Å². The number of carbonyl (C=O) groups excluding carboxylic acids is 1. The Kier molecular flexibility index (Phi) is 4.99. The molecular formula is C17H15ClN2O. The van der Waals surface area contributed by atoms with Crippen molar-refractivity contribution in [2.24, 2.45) is 5.73 Å². The number of aryl methyl sites for hydroxylation is 1. The second-order valence-corrected chi connectivity index (χ2v) is 4.93. The van der Waals surface area contributed by atoms with Crippen LogP contribution in [0.15, 0.2) is 42.5 Å². The van der Waals surface area contributed by atoms with Gasteiger partial charge in [0.25, 0.3) is 5.91 Å². The van der Waals surface area contributed by atoms with Crippen molar-refractivity contribution < 1.29 is 4.79 Å². The number of anilines is 1. The molecule has 0 aromatic heterocycles. The van der Waals surface area contributed by atoms with Gasteiger partial charge in [0, 0.05) is 21.8 Å². The Labute approximate surface area is 129 Å². The number of benzene rings is 2. The van der Waals surface area contributed by atoms with E-state index in [0.717, 1.165) is 11.1 Å². The third kappa shape index (κ3) is 4.09. The van der Waals surface area contributed by atoms with Gasteiger partial charge in [-0.05, 0) is 48.9 Å². The van der Waals surface area contributed by atoms with Crippen LogP contribution in [-0.4, -0.2) is 12.5 Å². The van der Waals surface area contributed by atoms with Gasteiger partial charge < -0.3 is 11.1 Å². The molecule has 2 aromatic rings. The lowest BCUT2D eigenvalue weighted by Crippen LogP contribution is -2.12. The molecular weight excluding hydrogens is 284 g/mol. The van der Waals surface area contributed by atoms with E-state index in [1.807, 2.05) is 13.0 Å². The number of nitrogens with one attached hydrogen (secondary N) is 1. The van der Waals surface area contributed by atoms with E-state index in [9.17, 15) is 4.79 Å². The molecule has 4 heteroatoms. The van der Waals surface area contributed by atoms with Crippen molar-refractivity contribution in [2.45, 2.75) is 6.92 Å². The summed E-state index contributed by atoms with van der Waals surface area (Å²) < 4.78 is 0. The number of rotatable bonds is 2. The van der Waals surface area contributed by atoms with Gasteiger partial charge in [0.1, 0.15) is 0 Å². The molecule has 0 aliphatic carbocycles. The largest absolute Gasteiger partial charge is 0.322 e. The van der Waals surface area contributed by atoms with Crippen LogP contribution in [0.25, 0.3) is 0 Å². The summed E-state index contributed by atoms with van der Waals surface area (Å²) >= 11 is 5.94. The second-order valence-electron chi connectivity index (χ2n) is 4.50. The lowest BCUT2D eigenvalue weighted by molar-refractivity contribution is 0.102. The van der Waals surface area contributed by atoms with E-state index in [0.29, 0.717) is 22.8 Å². The maximum Gasteiger partial charge on any atom is 0.255 e. The Hall–Kier alpha value is -2.28. The lowest BCUT2D eigenvalue weighted by Gasteiger charge is -2.09. The second kappa shape index (κ2) is 6.94. The summed E-state index contributed by atoms with van der Waals surface area (Å²) in [4.78, 5) is 12.2. The smallest absolute Gasteiger partial charge is 0.255 e. The molecule has 21 heavy (non-hydrogen) atoms. The first-order valence-corrected chi connectivity index (χ1v) is 6.84. The first kappa shape index (κ1) is 15.1. The maximum absolute atomic E-state index is 12.2. The normalized spacial score (nSPS) is 9.67. The van der Waals surface area contributed by atoms with Gasteiger partial charge in [0.2, 0.25) is 0 Å². The highest BCUT2D eigenvalue weighted by atomic mass is 35.5. The van der Waals surface area contributed by atoms with Gasteiger partial charge in [-0.15, -0.1) is 0 Å². The fourth-order valence-corrected chi connectivity index (χ4v) is 1.95. The van der Waals surface area contributed by atoms with Gasteiger partial charge in [0.05, 0.1) is 6.54 Å².